The average molecular weight is 375 g/mol. The van der Waals surface area contributed by atoms with Gasteiger partial charge in [-0.3, -0.25) is 4.79 Å². The Hall–Kier alpha value is -0.710. The summed E-state index contributed by atoms with van der Waals surface area (Å²) in [6, 6.07) is 8.59. The van der Waals surface area contributed by atoms with E-state index in [0.29, 0.717) is 20.8 Å². The third-order valence-corrected chi connectivity index (χ3v) is 3.63. The number of ketones is 1. The van der Waals surface area contributed by atoms with Crippen molar-refractivity contribution in [2.45, 2.75) is 0 Å². The Labute approximate surface area is 120 Å². The molecule has 0 aliphatic rings. The Balaban J connectivity index is 2.51. The summed E-state index contributed by atoms with van der Waals surface area (Å²) >= 11 is 12.6. The number of benzene rings is 1. The normalized spacial score (nSPS) is 10.3. The number of carbonyl (C=O) groups excluding carboxylic acids is 1. The molecule has 1 heterocycles. The van der Waals surface area contributed by atoms with Crippen LogP contribution in [0.1, 0.15) is 15.9 Å². The fourth-order valence-electron chi connectivity index (χ4n) is 1.37. The van der Waals surface area contributed by atoms with Crippen LogP contribution in [0.3, 0.4) is 0 Å². The summed E-state index contributed by atoms with van der Waals surface area (Å²) in [5, 5.41) is 0.425. The molecular weight excluding hydrogens is 369 g/mol. The van der Waals surface area contributed by atoms with E-state index in [4.69, 9.17) is 11.6 Å². The Morgan fingerprint density at radius 1 is 1.18 bits per heavy atom. The van der Waals surface area contributed by atoms with Gasteiger partial charge in [-0.25, -0.2) is 4.98 Å². The first-order valence-electron chi connectivity index (χ1n) is 4.70. The molecule has 0 aliphatic heterocycles. The van der Waals surface area contributed by atoms with Crippen molar-refractivity contribution in [1.82, 2.24) is 4.98 Å². The van der Waals surface area contributed by atoms with Gasteiger partial charge in [-0.1, -0.05) is 27.5 Å². The van der Waals surface area contributed by atoms with Gasteiger partial charge in [-0.05, 0) is 46.3 Å². The van der Waals surface area contributed by atoms with Gasteiger partial charge in [0.25, 0.3) is 0 Å². The van der Waals surface area contributed by atoms with Crippen molar-refractivity contribution >= 4 is 49.2 Å². The minimum absolute atomic E-state index is 0.156. The van der Waals surface area contributed by atoms with E-state index in [1.54, 1.807) is 36.5 Å². The lowest BCUT2D eigenvalue weighted by Crippen LogP contribution is -2.04. The van der Waals surface area contributed by atoms with Gasteiger partial charge in [0.2, 0.25) is 0 Å². The van der Waals surface area contributed by atoms with E-state index in [1.807, 2.05) is 0 Å². The smallest absolute Gasteiger partial charge is 0.197 e. The highest BCUT2D eigenvalue weighted by Crippen LogP contribution is 2.25. The van der Waals surface area contributed by atoms with E-state index < -0.39 is 0 Å². The van der Waals surface area contributed by atoms with Gasteiger partial charge in [0.1, 0.15) is 4.60 Å². The molecule has 2 nitrogen and oxygen atoms in total. The van der Waals surface area contributed by atoms with Gasteiger partial charge in [0.15, 0.2) is 5.78 Å². The van der Waals surface area contributed by atoms with Crippen LogP contribution in [0, 0.1) is 0 Å². The van der Waals surface area contributed by atoms with Gasteiger partial charge in [-0.2, -0.15) is 0 Å². The summed E-state index contributed by atoms with van der Waals surface area (Å²) in [7, 11) is 0. The molecule has 5 heteroatoms. The van der Waals surface area contributed by atoms with Gasteiger partial charge in [0.05, 0.1) is 10.6 Å². The maximum atomic E-state index is 12.3. The highest BCUT2D eigenvalue weighted by atomic mass is 79.9. The molecule has 2 rings (SSSR count). The molecule has 0 unspecified atom stereocenters. The third kappa shape index (κ3) is 2.76. The van der Waals surface area contributed by atoms with E-state index in [0.717, 1.165) is 4.47 Å². The Morgan fingerprint density at radius 3 is 2.65 bits per heavy atom. The molecule has 2 aromatic rings. The van der Waals surface area contributed by atoms with Crippen LogP contribution in [-0.2, 0) is 0 Å². The van der Waals surface area contributed by atoms with Crippen LogP contribution >= 0.6 is 43.5 Å². The minimum atomic E-state index is -0.156. The van der Waals surface area contributed by atoms with E-state index in [2.05, 4.69) is 36.8 Å². The molecule has 86 valence electrons. The topological polar surface area (TPSA) is 30.0 Å². The molecule has 0 saturated carbocycles. The second-order valence-electron chi connectivity index (χ2n) is 3.30. The summed E-state index contributed by atoms with van der Waals surface area (Å²) in [6.07, 6.45) is 1.61. The Morgan fingerprint density at radius 2 is 1.94 bits per heavy atom. The summed E-state index contributed by atoms with van der Waals surface area (Å²) in [5.41, 5.74) is 0.947. The van der Waals surface area contributed by atoms with Gasteiger partial charge >= 0.3 is 0 Å². The molecular formula is C12H6Br2ClNO. The Bertz CT molecular complexity index is 586. The molecule has 0 radical (unpaired) electrons. The highest BCUT2D eigenvalue weighted by Gasteiger charge is 2.16. The van der Waals surface area contributed by atoms with Crippen molar-refractivity contribution in [2.24, 2.45) is 0 Å². The van der Waals surface area contributed by atoms with Gasteiger partial charge in [0, 0.05) is 16.2 Å². The van der Waals surface area contributed by atoms with Crippen LogP contribution < -0.4 is 0 Å². The number of aromatic nitrogens is 1. The molecule has 0 saturated heterocycles. The van der Waals surface area contributed by atoms with E-state index in [-0.39, 0.29) is 5.78 Å². The second kappa shape index (κ2) is 5.29. The largest absolute Gasteiger partial charge is 0.288 e. The number of hydrogen-bond donors (Lipinski definition) is 0. The van der Waals surface area contributed by atoms with Crippen LogP contribution in [0.25, 0.3) is 0 Å². The monoisotopic (exact) mass is 373 g/mol. The summed E-state index contributed by atoms with van der Waals surface area (Å²) in [6.45, 7) is 0. The van der Waals surface area contributed by atoms with Crippen molar-refractivity contribution in [1.29, 1.82) is 0 Å². The van der Waals surface area contributed by atoms with Crippen LogP contribution in [-0.4, -0.2) is 10.8 Å². The standard InChI is InChI=1S/C12H6Br2ClNO/c13-7-3-4-10(15)9(6-7)11(17)8-2-1-5-16-12(8)14/h1-6H. The quantitative estimate of drug-likeness (QED) is 0.572. The number of rotatable bonds is 2. The molecule has 1 aromatic carbocycles. The SMILES string of the molecule is O=C(c1cc(Br)ccc1Cl)c1cccnc1Br. The molecule has 0 amide bonds. The first kappa shape index (κ1) is 12.7. The minimum Gasteiger partial charge on any atom is -0.288 e. The van der Waals surface area contributed by atoms with Crippen molar-refractivity contribution in [2.75, 3.05) is 0 Å². The maximum Gasteiger partial charge on any atom is 0.197 e. The summed E-state index contributed by atoms with van der Waals surface area (Å²) in [4.78, 5) is 16.3. The van der Waals surface area contributed by atoms with E-state index >= 15 is 0 Å². The fourth-order valence-corrected chi connectivity index (χ4v) is 2.37. The summed E-state index contributed by atoms with van der Waals surface area (Å²) < 4.78 is 1.33. The predicted octanol–water partition coefficient (Wildman–Crippen LogP) is 4.49. The van der Waals surface area contributed by atoms with Crippen molar-refractivity contribution < 1.29 is 4.79 Å². The van der Waals surface area contributed by atoms with E-state index in [9.17, 15) is 4.79 Å². The average Bonchev–Trinajstić information content (AvgIpc) is 2.32. The van der Waals surface area contributed by atoms with Crippen LogP contribution in [0.2, 0.25) is 5.02 Å². The number of halogens is 3. The summed E-state index contributed by atoms with van der Waals surface area (Å²) in [5.74, 6) is -0.156. The lowest BCUT2D eigenvalue weighted by Gasteiger charge is -2.05. The third-order valence-electron chi connectivity index (χ3n) is 2.18. The zero-order valence-electron chi connectivity index (χ0n) is 8.45. The first-order chi connectivity index (χ1) is 8.09. The molecule has 0 N–H and O–H groups in total. The molecule has 0 atom stereocenters. The fraction of sp³-hybridized carbons (Fsp3) is 0. The Kier molecular flexibility index (Phi) is 3.97. The molecule has 0 spiro atoms. The lowest BCUT2D eigenvalue weighted by molar-refractivity contribution is 0.103. The zero-order chi connectivity index (χ0) is 12.4. The molecule has 0 bridgehead atoms. The highest BCUT2D eigenvalue weighted by molar-refractivity contribution is 9.10. The first-order valence-corrected chi connectivity index (χ1v) is 6.66. The molecule has 0 aliphatic carbocycles. The van der Waals surface area contributed by atoms with E-state index in [1.165, 1.54) is 0 Å². The second-order valence-corrected chi connectivity index (χ2v) is 5.37. The van der Waals surface area contributed by atoms with Gasteiger partial charge < -0.3 is 0 Å². The molecule has 1 aromatic heterocycles. The van der Waals surface area contributed by atoms with Crippen molar-refractivity contribution in [3.05, 3.63) is 61.8 Å². The number of pyridine rings is 1. The van der Waals surface area contributed by atoms with Crippen molar-refractivity contribution in [3.63, 3.8) is 0 Å². The van der Waals surface area contributed by atoms with Crippen LogP contribution in [0.15, 0.2) is 45.6 Å². The lowest BCUT2D eigenvalue weighted by atomic mass is 10.1. The van der Waals surface area contributed by atoms with Gasteiger partial charge in [-0.15, -0.1) is 0 Å². The van der Waals surface area contributed by atoms with Crippen LogP contribution in [0.5, 0.6) is 0 Å². The molecule has 0 fully saturated rings. The number of hydrogen-bond acceptors (Lipinski definition) is 2. The number of nitrogens with zero attached hydrogens (tertiary/aromatic N) is 1. The molecule has 17 heavy (non-hydrogen) atoms. The van der Waals surface area contributed by atoms with Crippen LogP contribution in [0.4, 0.5) is 0 Å². The maximum absolute atomic E-state index is 12.3. The number of carbonyl (C=O) groups is 1. The van der Waals surface area contributed by atoms with Crippen molar-refractivity contribution in [3.8, 4) is 0 Å². The zero-order valence-corrected chi connectivity index (χ0v) is 12.4. The predicted molar refractivity (Wildman–Crippen MR) is 74.5 cm³/mol.